The number of aliphatic hydroxyl groups is 2. The summed E-state index contributed by atoms with van der Waals surface area (Å²) < 4.78 is 16.8. The van der Waals surface area contributed by atoms with Gasteiger partial charge < -0.3 is 29.4 Å². The molecule has 3 unspecified atom stereocenters. The molecule has 0 aromatic carbocycles. The minimum absolute atomic E-state index is 0.0222. The fourth-order valence-electron chi connectivity index (χ4n) is 5.72. The van der Waals surface area contributed by atoms with E-state index in [1.54, 1.807) is 27.0 Å². The maximum Gasteiger partial charge on any atom is 0.223 e. The highest BCUT2D eigenvalue weighted by Gasteiger charge is 2.52. The van der Waals surface area contributed by atoms with Gasteiger partial charge in [-0.25, -0.2) is 4.98 Å². The summed E-state index contributed by atoms with van der Waals surface area (Å²) in [5.41, 5.74) is 0.0574. The standard InChI is InChI=1S/C29H44N2O7/c1-16-8-7-9-29(6)24(38-29)12-22(17(2)10-19-14-36-18(3)30-19)31-25(33)13-23(32)28(4,5)27(35)21(26(16)34)11-20-15-37-20/h10,14,16,20-24,26,32,34H,7-9,11-13,15H2,1-6H3,(H,31,33)/t16-,20?,21+,22-,23-,24?,26+,29?/m0/s1. The number of rotatable bonds is 4. The fraction of sp³-hybridized carbons (Fsp3) is 0.759. The lowest BCUT2D eigenvalue weighted by Gasteiger charge is -2.36. The highest BCUT2D eigenvalue weighted by Crippen LogP contribution is 2.45. The lowest BCUT2D eigenvalue weighted by molar-refractivity contribution is -0.144. The molecule has 4 rings (SSSR count). The van der Waals surface area contributed by atoms with E-state index in [1.165, 1.54) is 0 Å². The van der Waals surface area contributed by atoms with Crippen molar-refractivity contribution in [2.45, 2.75) is 116 Å². The van der Waals surface area contributed by atoms with Crippen LogP contribution in [0, 0.1) is 24.2 Å². The third kappa shape index (κ3) is 6.73. The number of amides is 1. The number of nitrogens with zero attached hydrogens (tertiary/aromatic N) is 1. The zero-order valence-electron chi connectivity index (χ0n) is 23.5. The van der Waals surface area contributed by atoms with Crippen LogP contribution in [0.15, 0.2) is 16.3 Å². The van der Waals surface area contributed by atoms with E-state index in [2.05, 4.69) is 17.2 Å². The second-order valence-electron chi connectivity index (χ2n) is 12.4. The number of aryl methyl sites for hydroxylation is 1. The minimum atomic E-state index is -1.22. The Kier molecular flexibility index (Phi) is 8.52. The van der Waals surface area contributed by atoms with Crippen molar-refractivity contribution >= 4 is 17.8 Å². The summed E-state index contributed by atoms with van der Waals surface area (Å²) in [5.74, 6) is -0.784. The van der Waals surface area contributed by atoms with E-state index in [9.17, 15) is 19.8 Å². The fourth-order valence-corrected chi connectivity index (χ4v) is 5.72. The molecule has 0 radical (unpaired) electrons. The van der Waals surface area contributed by atoms with Gasteiger partial charge in [-0.3, -0.25) is 9.59 Å². The monoisotopic (exact) mass is 532 g/mol. The maximum absolute atomic E-state index is 13.7. The Bertz CT molecular complexity index is 1050. The van der Waals surface area contributed by atoms with Crippen molar-refractivity contribution in [1.82, 2.24) is 10.3 Å². The van der Waals surface area contributed by atoms with Crippen molar-refractivity contribution in [3.63, 3.8) is 0 Å². The van der Waals surface area contributed by atoms with Crippen LogP contribution in [0.1, 0.15) is 84.7 Å². The summed E-state index contributed by atoms with van der Waals surface area (Å²) in [7, 11) is 0. The van der Waals surface area contributed by atoms with E-state index >= 15 is 0 Å². The first-order valence-electron chi connectivity index (χ1n) is 13.9. The van der Waals surface area contributed by atoms with Gasteiger partial charge in [0, 0.05) is 19.3 Å². The van der Waals surface area contributed by atoms with Gasteiger partial charge in [0.15, 0.2) is 5.89 Å². The predicted molar refractivity (Wildman–Crippen MR) is 141 cm³/mol. The molecule has 3 aliphatic rings. The first-order valence-corrected chi connectivity index (χ1v) is 13.9. The number of ketones is 1. The van der Waals surface area contributed by atoms with E-state index in [-0.39, 0.29) is 47.9 Å². The second-order valence-corrected chi connectivity index (χ2v) is 12.4. The van der Waals surface area contributed by atoms with Gasteiger partial charge in [-0.05, 0) is 50.7 Å². The first kappa shape index (κ1) is 28.9. The Morgan fingerprint density at radius 3 is 2.61 bits per heavy atom. The van der Waals surface area contributed by atoms with Crippen molar-refractivity contribution in [3.05, 3.63) is 23.4 Å². The van der Waals surface area contributed by atoms with Gasteiger partial charge in [-0.15, -0.1) is 0 Å². The zero-order valence-corrected chi connectivity index (χ0v) is 23.5. The molecule has 212 valence electrons. The Balaban J connectivity index is 1.58. The average Bonchev–Trinajstić information content (AvgIpc) is 3.74. The zero-order chi connectivity index (χ0) is 27.8. The molecule has 9 heteroatoms. The number of hydrogen-bond donors (Lipinski definition) is 3. The highest BCUT2D eigenvalue weighted by molar-refractivity contribution is 5.88. The van der Waals surface area contributed by atoms with Gasteiger partial charge in [0.1, 0.15) is 17.7 Å². The normalized spacial score (nSPS) is 38.8. The SMILES string of the molecule is CC(=Cc1coc(C)n1)[C@@H]1CC2OC2(C)CCC[C@H](C)[C@@H](O)[C@@H](CC2CO2)C(=O)C(C)(C)[C@@H](O)CC(=O)N1. The molecule has 0 aliphatic carbocycles. The van der Waals surface area contributed by atoms with Crippen molar-refractivity contribution in [3.8, 4) is 0 Å². The molecule has 0 saturated carbocycles. The van der Waals surface area contributed by atoms with Crippen LogP contribution >= 0.6 is 0 Å². The number of oxazole rings is 1. The lowest BCUT2D eigenvalue weighted by atomic mass is 9.71. The molecule has 9 nitrogen and oxygen atoms in total. The third-order valence-electron chi connectivity index (χ3n) is 8.81. The number of aromatic nitrogens is 1. The van der Waals surface area contributed by atoms with Gasteiger partial charge in [-0.2, -0.15) is 0 Å². The Morgan fingerprint density at radius 1 is 1.26 bits per heavy atom. The molecule has 3 aliphatic heterocycles. The number of epoxide rings is 2. The van der Waals surface area contributed by atoms with Gasteiger partial charge >= 0.3 is 0 Å². The number of fused-ring (bicyclic) bond motifs is 1. The average molecular weight is 533 g/mol. The van der Waals surface area contributed by atoms with Crippen LogP contribution in [0.25, 0.3) is 6.08 Å². The van der Waals surface area contributed by atoms with Crippen molar-refractivity contribution in [2.24, 2.45) is 17.3 Å². The van der Waals surface area contributed by atoms with Crippen LogP contribution in [-0.2, 0) is 19.1 Å². The number of nitrogens with one attached hydrogen (secondary N) is 1. The molecule has 1 amide bonds. The summed E-state index contributed by atoms with van der Waals surface area (Å²) in [6, 6.07) is -0.328. The molecular formula is C29H44N2O7. The Labute approximate surface area is 225 Å². The van der Waals surface area contributed by atoms with Crippen LogP contribution < -0.4 is 5.32 Å². The van der Waals surface area contributed by atoms with E-state index in [1.807, 2.05) is 19.9 Å². The summed E-state index contributed by atoms with van der Waals surface area (Å²) in [6.45, 7) is 11.7. The number of Topliss-reactive ketones (excluding diaryl/α,β-unsaturated/α-hetero) is 1. The summed E-state index contributed by atoms with van der Waals surface area (Å²) in [4.78, 5) is 31.3. The van der Waals surface area contributed by atoms with Crippen LogP contribution in [0.2, 0.25) is 0 Å². The summed E-state index contributed by atoms with van der Waals surface area (Å²) in [6.07, 6.45) is 4.55. The van der Waals surface area contributed by atoms with Crippen LogP contribution in [0.3, 0.4) is 0 Å². The van der Waals surface area contributed by atoms with Gasteiger partial charge in [0.2, 0.25) is 5.91 Å². The summed E-state index contributed by atoms with van der Waals surface area (Å²) >= 11 is 0. The molecular weight excluding hydrogens is 488 g/mol. The summed E-state index contributed by atoms with van der Waals surface area (Å²) in [5, 5.41) is 25.4. The topological polar surface area (TPSA) is 138 Å². The number of carbonyl (C=O) groups excluding carboxylic acids is 2. The smallest absolute Gasteiger partial charge is 0.223 e. The number of ether oxygens (including phenoxy) is 2. The van der Waals surface area contributed by atoms with Crippen LogP contribution in [0.4, 0.5) is 0 Å². The Hall–Kier alpha value is -2.07. The molecule has 8 atom stereocenters. The molecule has 1 aromatic heterocycles. The van der Waals surface area contributed by atoms with Gasteiger partial charge in [-0.1, -0.05) is 27.2 Å². The van der Waals surface area contributed by atoms with Gasteiger partial charge in [0.25, 0.3) is 0 Å². The molecule has 38 heavy (non-hydrogen) atoms. The second kappa shape index (κ2) is 11.2. The molecule has 3 N–H and O–H groups in total. The van der Waals surface area contributed by atoms with E-state index < -0.39 is 23.5 Å². The van der Waals surface area contributed by atoms with E-state index in [0.29, 0.717) is 31.0 Å². The molecule has 1 aromatic rings. The van der Waals surface area contributed by atoms with E-state index in [4.69, 9.17) is 13.9 Å². The van der Waals surface area contributed by atoms with Crippen molar-refractivity contribution < 1.29 is 33.7 Å². The molecule has 3 fully saturated rings. The maximum atomic E-state index is 13.7. The lowest BCUT2D eigenvalue weighted by Crippen LogP contribution is -2.48. The van der Waals surface area contributed by atoms with E-state index in [0.717, 1.165) is 24.8 Å². The van der Waals surface area contributed by atoms with Gasteiger partial charge in [0.05, 0.1) is 54.5 Å². The molecule has 0 bridgehead atoms. The largest absolute Gasteiger partial charge is 0.449 e. The first-order chi connectivity index (χ1) is 17.8. The van der Waals surface area contributed by atoms with Crippen molar-refractivity contribution in [1.29, 1.82) is 0 Å². The highest BCUT2D eigenvalue weighted by atomic mass is 16.6. The molecule has 3 saturated heterocycles. The number of hydrogen-bond acceptors (Lipinski definition) is 8. The third-order valence-corrected chi connectivity index (χ3v) is 8.81. The Morgan fingerprint density at radius 2 is 1.97 bits per heavy atom. The molecule has 0 spiro atoms. The predicted octanol–water partition coefficient (Wildman–Crippen LogP) is 3.35. The number of carbonyl (C=O) groups is 2. The van der Waals surface area contributed by atoms with Crippen LogP contribution in [0.5, 0.6) is 0 Å². The van der Waals surface area contributed by atoms with Crippen molar-refractivity contribution in [2.75, 3.05) is 6.61 Å². The number of aliphatic hydroxyl groups excluding tert-OH is 2. The van der Waals surface area contributed by atoms with Crippen LogP contribution in [-0.4, -0.2) is 69.6 Å². The minimum Gasteiger partial charge on any atom is -0.449 e. The molecule has 4 heterocycles. The quantitative estimate of drug-likeness (QED) is 0.502.